The molecule has 0 radical (unpaired) electrons. The van der Waals surface area contributed by atoms with Gasteiger partial charge in [-0.15, -0.1) is 0 Å². The Morgan fingerprint density at radius 2 is 1.59 bits per heavy atom. The van der Waals surface area contributed by atoms with Gasteiger partial charge in [0, 0.05) is 29.2 Å². The summed E-state index contributed by atoms with van der Waals surface area (Å²) in [6.07, 6.45) is 0. The summed E-state index contributed by atoms with van der Waals surface area (Å²) >= 11 is 0. The fourth-order valence-electron chi connectivity index (χ4n) is 3.43. The first kappa shape index (κ1) is 21.0. The van der Waals surface area contributed by atoms with E-state index in [9.17, 15) is 14.0 Å². The highest BCUT2D eigenvalue weighted by Crippen LogP contribution is 2.23. The first-order chi connectivity index (χ1) is 15.4. The van der Waals surface area contributed by atoms with Crippen LogP contribution < -0.4 is 16.0 Å². The predicted octanol–water partition coefficient (Wildman–Crippen LogP) is 4.87. The van der Waals surface area contributed by atoms with Gasteiger partial charge in [-0.05, 0) is 80.6 Å². The van der Waals surface area contributed by atoms with Gasteiger partial charge in [0.05, 0.1) is 11.0 Å². The second kappa shape index (κ2) is 8.89. The van der Waals surface area contributed by atoms with Gasteiger partial charge in [0.1, 0.15) is 11.6 Å². The van der Waals surface area contributed by atoms with E-state index in [0.717, 1.165) is 22.5 Å². The van der Waals surface area contributed by atoms with E-state index >= 15 is 0 Å². The molecule has 4 aromatic rings. The number of amides is 3. The van der Waals surface area contributed by atoms with Crippen LogP contribution >= 0.6 is 0 Å². The molecular weight excluding hydrogens is 409 g/mol. The number of carbonyl (C=O) groups excluding carboxylic acids is 2. The fraction of sp³-hybridized carbons (Fsp3) is 0.125. The molecule has 0 unspecified atom stereocenters. The number of imidazole rings is 1. The maximum atomic E-state index is 13.3. The second-order valence-corrected chi connectivity index (χ2v) is 7.19. The number of carbonyl (C=O) groups is 2. The van der Waals surface area contributed by atoms with Gasteiger partial charge in [-0.25, -0.2) is 14.2 Å². The van der Waals surface area contributed by atoms with Crippen molar-refractivity contribution in [3.63, 3.8) is 0 Å². The number of rotatable bonds is 5. The van der Waals surface area contributed by atoms with Gasteiger partial charge in [0.2, 0.25) is 0 Å². The molecule has 0 fully saturated rings. The van der Waals surface area contributed by atoms with Gasteiger partial charge in [0.25, 0.3) is 5.91 Å². The summed E-state index contributed by atoms with van der Waals surface area (Å²) in [6, 6.07) is 17.9. The van der Waals surface area contributed by atoms with Crippen LogP contribution in [0.5, 0.6) is 0 Å². The lowest BCUT2D eigenvalue weighted by molar-refractivity contribution is 0.102. The third-order valence-corrected chi connectivity index (χ3v) is 4.91. The van der Waals surface area contributed by atoms with E-state index in [1.165, 1.54) is 12.1 Å². The van der Waals surface area contributed by atoms with Crippen LogP contribution in [0, 0.1) is 12.7 Å². The van der Waals surface area contributed by atoms with Crippen LogP contribution in [0.15, 0.2) is 66.7 Å². The molecule has 0 aliphatic rings. The zero-order valence-electron chi connectivity index (χ0n) is 17.6. The quantitative estimate of drug-likeness (QED) is 0.421. The molecule has 0 aliphatic carbocycles. The smallest absolute Gasteiger partial charge is 0.319 e. The van der Waals surface area contributed by atoms with Crippen LogP contribution in [0.1, 0.15) is 23.1 Å². The summed E-state index contributed by atoms with van der Waals surface area (Å²) in [4.78, 5) is 29.0. The second-order valence-electron chi connectivity index (χ2n) is 7.19. The predicted molar refractivity (Wildman–Crippen MR) is 123 cm³/mol. The normalized spacial score (nSPS) is 10.7. The monoisotopic (exact) mass is 431 g/mol. The summed E-state index contributed by atoms with van der Waals surface area (Å²) in [5.41, 5.74) is 3.94. The molecule has 0 bridgehead atoms. The van der Waals surface area contributed by atoms with Gasteiger partial charge >= 0.3 is 6.03 Å². The number of nitrogens with one attached hydrogen (secondary N) is 3. The third kappa shape index (κ3) is 4.44. The van der Waals surface area contributed by atoms with E-state index in [0.29, 0.717) is 23.5 Å². The number of halogens is 1. The Kier molecular flexibility index (Phi) is 5.85. The average Bonchev–Trinajstić information content (AvgIpc) is 3.11. The Hall–Kier alpha value is -4.20. The van der Waals surface area contributed by atoms with Crippen LogP contribution in [-0.2, 0) is 0 Å². The molecule has 0 atom stereocenters. The van der Waals surface area contributed by atoms with Crippen LogP contribution in [0.4, 0.5) is 20.6 Å². The lowest BCUT2D eigenvalue weighted by Gasteiger charge is -2.10. The van der Waals surface area contributed by atoms with Crippen LogP contribution in [-0.4, -0.2) is 28.0 Å². The molecule has 1 heterocycles. The maximum Gasteiger partial charge on any atom is 0.319 e. The minimum Gasteiger partial charge on any atom is -0.338 e. The Morgan fingerprint density at radius 3 is 2.25 bits per heavy atom. The van der Waals surface area contributed by atoms with Crippen LogP contribution in [0.2, 0.25) is 0 Å². The summed E-state index contributed by atoms with van der Waals surface area (Å²) < 4.78 is 15.2. The number of hydrogen-bond acceptors (Lipinski definition) is 3. The van der Waals surface area contributed by atoms with Crippen LogP contribution in [0.3, 0.4) is 0 Å². The third-order valence-electron chi connectivity index (χ3n) is 4.91. The molecule has 1 aromatic heterocycles. The summed E-state index contributed by atoms with van der Waals surface area (Å²) in [7, 11) is 0. The highest BCUT2D eigenvalue weighted by atomic mass is 19.1. The molecule has 0 spiro atoms. The molecule has 3 N–H and O–H groups in total. The van der Waals surface area contributed by atoms with E-state index in [4.69, 9.17) is 0 Å². The molecule has 7 nitrogen and oxygen atoms in total. The van der Waals surface area contributed by atoms with E-state index in [2.05, 4.69) is 20.9 Å². The zero-order chi connectivity index (χ0) is 22.7. The molecule has 0 saturated heterocycles. The molecular formula is C24H22FN5O2. The van der Waals surface area contributed by atoms with Gasteiger partial charge < -0.3 is 16.0 Å². The number of benzene rings is 3. The molecule has 0 aliphatic heterocycles. The average molecular weight is 431 g/mol. The van der Waals surface area contributed by atoms with Crippen molar-refractivity contribution in [2.75, 3.05) is 17.2 Å². The summed E-state index contributed by atoms with van der Waals surface area (Å²) in [6.45, 7) is 4.23. The first-order valence-corrected chi connectivity index (χ1v) is 10.2. The SMILES string of the molecule is CCNC(=O)Nc1ccc(NC(=O)c2ccc3nc(C)n(-c4ccc(F)cc4)c3c2)cc1. The van der Waals surface area contributed by atoms with E-state index in [-0.39, 0.29) is 17.8 Å². The van der Waals surface area contributed by atoms with Crippen molar-refractivity contribution in [1.29, 1.82) is 0 Å². The Balaban J connectivity index is 1.56. The standard InChI is InChI=1S/C24H22FN5O2/c1-3-26-24(32)29-19-9-7-18(8-10-19)28-23(31)16-4-13-21-22(14-16)30(15(2)27-21)20-11-5-17(25)6-12-20/h4-14H,3H2,1-2H3,(H,28,31)(H2,26,29,32). The number of urea groups is 1. The molecule has 162 valence electrons. The van der Waals surface area contributed by atoms with Crippen molar-refractivity contribution in [3.8, 4) is 5.69 Å². The molecule has 3 aromatic carbocycles. The van der Waals surface area contributed by atoms with E-state index in [1.54, 1.807) is 54.6 Å². The summed E-state index contributed by atoms with van der Waals surface area (Å²) in [5, 5.41) is 8.21. The lowest BCUT2D eigenvalue weighted by Crippen LogP contribution is -2.28. The topological polar surface area (TPSA) is 88.1 Å². The molecule has 3 amide bonds. The van der Waals surface area contributed by atoms with E-state index in [1.807, 2.05) is 18.4 Å². The van der Waals surface area contributed by atoms with Gasteiger partial charge in [-0.1, -0.05) is 0 Å². The molecule has 32 heavy (non-hydrogen) atoms. The van der Waals surface area contributed by atoms with Gasteiger partial charge in [-0.2, -0.15) is 0 Å². The molecule has 0 saturated carbocycles. The van der Waals surface area contributed by atoms with Crippen molar-refractivity contribution in [3.05, 3.63) is 83.9 Å². The Bertz CT molecular complexity index is 1280. The lowest BCUT2D eigenvalue weighted by atomic mass is 10.1. The largest absolute Gasteiger partial charge is 0.338 e. The van der Waals surface area contributed by atoms with Crippen molar-refractivity contribution < 1.29 is 14.0 Å². The minimum atomic E-state index is -0.317. The van der Waals surface area contributed by atoms with Crippen molar-refractivity contribution in [1.82, 2.24) is 14.9 Å². The van der Waals surface area contributed by atoms with Crippen molar-refractivity contribution in [2.24, 2.45) is 0 Å². The maximum absolute atomic E-state index is 13.3. The molecule has 4 rings (SSSR count). The minimum absolute atomic E-state index is 0.277. The Morgan fingerprint density at radius 1 is 0.938 bits per heavy atom. The number of fused-ring (bicyclic) bond motifs is 1. The number of nitrogens with zero attached hydrogens (tertiary/aromatic N) is 2. The number of aryl methyl sites for hydroxylation is 1. The number of hydrogen-bond donors (Lipinski definition) is 3. The van der Waals surface area contributed by atoms with Gasteiger partial charge in [0.15, 0.2) is 0 Å². The van der Waals surface area contributed by atoms with E-state index < -0.39 is 0 Å². The molecule has 8 heteroatoms. The first-order valence-electron chi connectivity index (χ1n) is 10.2. The highest BCUT2D eigenvalue weighted by Gasteiger charge is 2.13. The van der Waals surface area contributed by atoms with Crippen LogP contribution in [0.25, 0.3) is 16.7 Å². The zero-order valence-corrected chi connectivity index (χ0v) is 17.6. The number of aromatic nitrogens is 2. The fourth-order valence-corrected chi connectivity index (χ4v) is 3.43. The summed E-state index contributed by atoms with van der Waals surface area (Å²) in [5.74, 6) is 0.142. The van der Waals surface area contributed by atoms with Crippen molar-refractivity contribution in [2.45, 2.75) is 13.8 Å². The highest BCUT2D eigenvalue weighted by molar-refractivity contribution is 6.06. The van der Waals surface area contributed by atoms with Gasteiger partial charge in [-0.3, -0.25) is 9.36 Å². The number of anilines is 2. The Labute approximate surface area is 184 Å². The van der Waals surface area contributed by atoms with Crippen molar-refractivity contribution >= 4 is 34.3 Å².